The summed E-state index contributed by atoms with van der Waals surface area (Å²) in [5, 5.41) is 0. The summed E-state index contributed by atoms with van der Waals surface area (Å²) in [6.45, 7) is 1.81. The summed E-state index contributed by atoms with van der Waals surface area (Å²) < 4.78 is 11.4. The highest BCUT2D eigenvalue weighted by molar-refractivity contribution is 6.15. The number of ether oxygens (including phenoxy) is 2. The Balaban J connectivity index is 1.33. The topological polar surface area (TPSA) is 52.6 Å². The zero-order valence-corrected chi connectivity index (χ0v) is 18.7. The largest absolute Gasteiger partial charge is 0.452 e. The van der Waals surface area contributed by atoms with Crippen molar-refractivity contribution in [2.45, 2.75) is 13.3 Å². The number of esters is 1. The molecule has 1 aliphatic heterocycles. The fourth-order valence-electron chi connectivity index (χ4n) is 4.02. The number of carbonyl (C=O) groups is 2. The molecule has 0 amide bonds. The standard InChI is InChI=1S/C30H22O4/c1-20-16-25(33-28(31)18-21-8-4-2-5-9-21)19-26-29(20)30(32)27(34-26)17-22-12-14-24(15-13-22)23-10-6-3-7-11-23/h2-17,19H,18H2,1H3/b27-17-. The third-order valence-electron chi connectivity index (χ3n) is 5.68. The van der Waals surface area contributed by atoms with Gasteiger partial charge in [-0.1, -0.05) is 84.9 Å². The molecule has 5 rings (SSSR count). The molecule has 34 heavy (non-hydrogen) atoms. The fraction of sp³-hybridized carbons (Fsp3) is 0.0667. The van der Waals surface area contributed by atoms with Gasteiger partial charge < -0.3 is 9.47 Å². The Hall–Kier alpha value is -4.44. The molecule has 4 heteroatoms. The second-order valence-electron chi connectivity index (χ2n) is 8.18. The maximum Gasteiger partial charge on any atom is 0.315 e. The Morgan fingerprint density at radius 3 is 2.21 bits per heavy atom. The van der Waals surface area contributed by atoms with Crippen LogP contribution in [0, 0.1) is 6.92 Å². The maximum absolute atomic E-state index is 13.0. The second-order valence-corrected chi connectivity index (χ2v) is 8.18. The minimum atomic E-state index is -0.371. The first-order valence-electron chi connectivity index (χ1n) is 11.1. The minimum Gasteiger partial charge on any atom is -0.452 e. The number of allylic oxidation sites excluding steroid dienone is 1. The van der Waals surface area contributed by atoms with Crippen LogP contribution in [0.2, 0.25) is 0 Å². The van der Waals surface area contributed by atoms with Crippen LogP contribution < -0.4 is 9.47 Å². The van der Waals surface area contributed by atoms with Crippen molar-refractivity contribution in [2.24, 2.45) is 0 Å². The van der Waals surface area contributed by atoms with Crippen LogP contribution in [0.5, 0.6) is 11.5 Å². The number of carbonyl (C=O) groups excluding carboxylic acids is 2. The van der Waals surface area contributed by atoms with Crippen molar-refractivity contribution in [1.29, 1.82) is 0 Å². The molecule has 1 aliphatic rings. The van der Waals surface area contributed by atoms with Crippen LogP contribution in [0.3, 0.4) is 0 Å². The zero-order chi connectivity index (χ0) is 23.5. The quantitative estimate of drug-likeness (QED) is 0.201. The summed E-state index contributed by atoms with van der Waals surface area (Å²) in [5.74, 6) is 0.461. The first-order valence-corrected chi connectivity index (χ1v) is 11.1. The number of ketones is 1. The van der Waals surface area contributed by atoms with E-state index < -0.39 is 0 Å². The van der Waals surface area contributed by atoms with Crippen LogP contribution in [0.25, 0.3) is 17.2 Å². The van der Waals surface area contributed by atoms with Gasteiger partial charge in [-0.25, -0.2) is 0 Å². The van der Waals surface area contributed by atoms with Gasteiger partial charge in [0.15, 0.2) is 5.76 Å². The monoisotopic (exact) mass is 446 g/mol. The number of hydrogen-bond acceptors (Lipinski definition) is 4. The first kappa shape index (κ1) is 21.4. The molecule has 0 bridgehead atoms. The van der Waals surface area contributed by atoms with Crippen LogP contribution >= 0.6 is 0 Å². The highest BCUT2D eigenvalue weighted by atomic mass is 16.5. The van der Waals surface area contributed by atoms with Crippen LogP contribution in [0.4, 0.5) is 0 Å². The molecule has 0 saturated carbocycles. The highest BCUT2D eigenvalue weighted by Gasteiger charge is 2.30. The molecule has 0 aromatic heterocycles. The summed E-state index contributed by atoms with van der Waals surface area (Å²) in [6, 6.07) is 30.8. The Morgan fingerprint density at radius 1 is 0.853 bits per heavy atom. The second kappa shape index (κ2) is 9.20. The zero-order valence-electron chi connectivity index (χ0n) is 18.7. The van der Waals surface area contributed by atoms with E-state index in [0.29, 0.717) is 22.6 Å². The number of rotatable bonds is 5. The van der Waals surface area contributed by atoms with Crippen molar-refractivity contribution in [3.8, 4) is 22.6 Å². The Kier molecular flexibility index (Phi) is 5.79. The van der Waals surface area contributed by atoms with Crippen molar-refractivity contribution >= 4 is 17.8 Å². The predicted molar refractivity (Wildman–Crippen MR) is 132 cm³/mol. The third kappa shape index (κ3) is 4.52. The van der Waals surface area contributed by atoms with Crippen molar-refractivity contribution < 1.29 is 19.1 Å². The van der Waals surface area contributed by atoms with Gasteiger partial charge in [-0.3, -0.25) is 9.59 Å². The summed E-state index contributed by atoms with van der Waals surface area (Å²) in [6.07, 6.45) is 1.90. The number of Topliss-reactive ketones (excluding diaryl/α,β-unsaturated/α-hetero) is 1. The molecule has 4 aromatic carbocycles. The lowest BCUT2D eigenvalue weighted by atomic mass is 10.0. The summed E-state index contributed by atoms with van der Waals surface area (Å²) in [7, 11) is 0. The van der Waals surface area contributed by atoms with Crippen LogP contribution in [0.15, 0.2) is 103 Å². The first-order chi connectivity index (χ1) is 16.6. The summed E-state index contributed by atoms with van der Waals surface area (Å²) >= 11 is 0. The summed E-state index contributed by atoms with van der Waals surface area (Å²) in [4.78, 5) is 25.3. The van der Waals surface area contributed by atoms with Crippen molar-refractivity contribution in [2.75, 3.05) is 0 Å². The molecule has 0 saturated heterocycles. The van der Waals surface area contributed by atoms with Crippen LogP contribution in [-0.4, -0.2) is 11.8 Å². The Bertz CT molecular complexity index is 1390. The molecule has 0 aliphatic carbocycles. The Morgan fingerprint density at radius 2 is 1.50 bits per heavy atom. The van der Waals surface area contributed by atoms with E-state index in [1.807, 2.05) is 79.7 Å². The van der Waals surface area contributed by atoms with Gasteiger partial charge in [0.25, 0.3) is 0 Å². The third-order valence-corrected chi connectivity index (χ3v) is 5.68. The molecule has 0 fully saturated rings. The van der Waals surface area contributed by atoms with E-state index in [2.05, 4.69) is 12.1 Å². The van der Waals surface area contributed by atoms with Gasteiger partial charge in [0, 0.05) is 6.07 Å². The lowest BCUT2D eigenvalue weighted by Crippen LogP contribution is -2.11. The van der Waals surface area contributed by atoms with Crippen LogP contribution in [-0.2, 0) is 11.2 Å². The number of benzene rings is 4. The molecule has 0 unspecified atom stereocenters. The average Bonchev–Trinajstić information content (AvgIpc) is 3.16. The average molecular weight is 447 g/mol. The highest BCUT2D eigenvalue weighted by Crippen LogP contribution is 2.37. The molecular weight excluding hydrogens is 424 g/mol. The van der Waals surface area contributed by atoms with Gasteiger partial charge in [0.05, 0.1) is 12.0 Å². The van der Waals surface area contributed by atoms with E-state index >= 15 is 0 Å². The molecule has 0 radical (unpaired) electrons. The lowest BCUT2D eigenvalue weighted by molar-refractivity contribution is -0.133. The van der Waals surface area contributed by atoms with Gasteiger partial charge in [-0.05, 0) is 46.9 Å². The van der Waals surface area contributed by atoms with Gasteiger partial charge in [0.1, 0.15) is 11.5 Å². The predicted octanol–water partition coefficient (Wildman–Crippen LogP) is 6.43. The van der Waals surface area contributed by atoms with Crippen molar-refractivity contribution in [3.05, 3.63) is 125 Å². The van der Waals surface area contributed by atoms with Gasteiger partial charge >= 0.3 is 5.97 Å². The Labute approximate surface area is 198 Å². The van der Waals surface area contributed by atoms with E-state index in [4.69, 9.17) is 9.47 Å². The number of hydrogen-bond donors (Lipinski definition) is 0. The molecular formula is C30H22O4. The molecule has 0 atom stereocenters. The molecule has 4 nitrogen and oxygen atoms in total. The molecule has 166 valence electrons. The van der Waals surface area contributed by atoms with Crippen LogP contribution in [0.1, 0.15) is 27.0 Å². The van der Waals surface area contributed by atoms with E-state index in [-0.39, 0.29) is 23.9 Å². The van der Waals surface area contributed by atoms with Gasteiger partial charge in [0.2, 0.25) is 5.78 Å². The van der Waals surface area contributed by atoms with E-state index in [1.54, 1.807) is 18.2 Å². The maximum atomic E-state index is 13.0. The minimum absolute atomic E-state index is 0.168. The summed E-state index contributed by atoms with van der Waals surface area (Å²) in [5.41, 5.74) is 5.17. The number of fused-ring (bicyclic) bond motifs is 1. The molecule has 0 N–H and O–H groups in total. The molecule has 0 spiro atoms. The molecule has 4 aromatic rings. The van der Waals surface area contributed by atoms with Gasteiger partial charge in [-0.15, -0.1) is 0 Å². The fourth-order valence-corrected chi connectivity index (χ4v) is 4.02. The lowest BCUT2D eigenvalue weighted by Gasteiger charge is -2.08. The SMILES string of the molecule is Cc1cc(OC(=O)Cc2ccccc2)cc2c1C(=O)/C(=C/c1ccc(-c3ccccc3)cc1)O2. The normalized spacial score (nSPS) is 13.4. The van der Waals surface area contributed by atoms with E-state index in [1.165, 1.54) is 0 Å². The van der Waals surface area contributed by atoms with Crippen molar-refractivity contribution in [3.63, 3.8) is 0 Å². The van der Waals surface area contributed by atoms with Gasteiger partial charge in [-0.2, -0.15) is 0 Å². The van der Waals surface area contributed by atoms with Crippen molar-refractivity contribution in [1.82, 2.24) is 0 Å². The smallest absolute Gasteiger partial charge is 0.315 e. The molecule has 1 heterocycles. The van der Waals surface area contributed by atoms with E-state index in [0.717, 1.165) is 22.3 Å². The van der Waals surface area contributed by atoms with E-state index in [9.17, 15) is 9.59 Å². The number of aryl methyl sites for hydroxylation is 1.